The Labute approximate surface area is 170 Å². The molecule has 0 radical (unpaired) electrons. The van der Waals surface area contributed by atoms with Crippen LogP contribution in [0.3, 0.4) is 0 Å². The lowest BCUT2D eigenvalue weighted by Gasteiger charge is -2.20. The van der Waals surface area contributed by atoms with E-state index in [1.807, 2.05) is 6.20 Å². The highest BCUT2D eigenvalue weighted by atomic mass is 19.4. The van der Waals surface area contributed by atoms with Crippen molar-refractivity contribution >= 4 is 17.2 Å². The number of pyridine rings is 2. The average molecular weight is 419 g/mol. The number of anilines is 1. The molecule has 1 fully saturated rings. The Morgan fingerprint density at radius 2 is 2.00 bits per heavy atom. The number of hydrogen-bond acceptors (Lipinski definition) is 5. The van der Waals surface area contributed by atoms with Gasteiger partial charge in [0.1, 0.15) is 28.5 Å². The highest BCUT2D eigenvalue weighted by Crippen LogP contribution is 2.30. The molecule has 2 N–H and O–H groups in total. The molecule has 0 aromatic carbocycles. The van der Waals surface area contributed by atoms with E-state index in [2.05, 4.69) is 20.6 Å². The number of imidazole rings is 1. The molecule has 0 spiro atoms. The first-order chi connectivity index (χ1) is 14.3. The second kappa shape index (κ2) is 7.94. The average Bonchev–Trinajstić information content (AvgIpc) is 3.16. The summed E-state index contributed by atoms with van der Waals surface area (Å²) in [5.41, 5.74) is 0.465. The Hall–Kier alpha value is -3.14. The lowest BCUT2D eigenvalue weighted by Crippen LogP contribution is -2.26. The van der Waals surface area contributed by atoms with Crippen molar-refractivity contribution in [2.45, 2.75) is 24.9 Å². The zero-order valence-corrected chi connectivity index (χ0v) is 16.2. The fourth-order valence-corrected chi connectivity index (χ4v) is 3.52. The van der Waals surface area contributed by atoms with Gasteiger partial charge in [-0.05, 0) is 38.1 Å². The standard InChI is InChI=1S/C20H20F3N5O2/c1-30-16-9-18-26-14(12-5-7-24-8-6-12)10-28(18)11-15(16)27-19(29)13-3-2-4-17(25-13)20(21,22)23/h2-4,9-12,24H,5-8H2,1H3,(H,27,29). The smallest absolute Gasteiger partial charge is 0.433 e. The molecule has 1 aliphatic rings. The maximum Gasteiger partial charge on any atom is 0.433 e. The molecule has 0 unspecified atom stereocenters. The summed E-state index contributed by atoms with van der Waals surface area (Å²) in [7, 11) is 1.45. The molecule has 0 atom stereocenters. The van der Waals surface area contributed by atoms with Crippen LogP contribution in [0.15, 0.2) is 36.7 Å². The molecule has 1 aliphatic heterocycles. The van der Waals surface area contributed by atoms with E-state index in [9.17, 15) is 18.0 Å². The van der Waals surface area contributed by atoms with Crippen molar-refractivity contribution in [3.05, 3.63) is 53.7 Å². The van der Waals surface area contributed by atoms with Crippen LogP contribution in [-0.2, 0) is 6.18 Å². The zero-order chi connectivity index (χ0) is 21.3. The lowest BCUT2D eigenvalue weighted by atomic mass is 9.95. The third-order valence-corrected chi connectivity index (χ3v) is 5.07. The fraction of sp³-hybridized carbons (Fsp3) is 0.350. The van der Waals surface area contributed by atoms with Crippen LogP contribution in [-0.4, -0.2) is 40.5 Å². The summed E-state index contributed by atoms with van der Waals surface area (Å²) in [5.74, 6) is -0.0628. The molecule has 0 saturated carbocycles. The summed E-state index contributed by atoms with van der Waals surface area (Å²) in [6.07, 6.45) is 0.895. The Morgan fingerprint density at radius 3 is 2.70 bits per heavy atom. The minimum atomic E-state index is -4.63. The van der Waals surface area contributed by atoms with Crippen molar-refractivity contribution < 1.29 is 22.7 Å². The monoisotopic (exact) mass is 419 g/mol. The molecule has 7 nitrogen and oxygen atoms in total. The van der Waals surface area contributed by atoms with Crippen LogP contribution in [0, 0.1) is 0 Å². The largest absolute Gasteiger partial charge is 0.494 e. The predicted octanol–water partition coefficient (Wildman–Crippen LogP) is 3.48. The number of nitrogens with one attached hydrogen (secondary N) is 2. The molecule has 1 amide bonds. The van der Waals surface area contributed by atoms with E-state index in [4.69, 9.17) is 4.74 Å². The number of amides is 1. The number of hydrogen-bond donors (Lipinski definition) is 2. The van der Waals surface area contributed by atoms with Gasteiger partial charge in [0.15, 0.2) is 0 Å². The summed E-state index contributed by atoms with van der Waals surface area (Å²) >= 11 is 0. The molecule has 0 bridgehead atoms. The number of ether oxygens (including phenoxy) is 1. The molecule has 4 heterocycles. The quantitative estimate of drug-likeness (QED) is 0.677. The number of halogens is 3. The molecule has 10 heteroatoms. The molecule has 158 valence electrons. The first-order valence-electron chi connectivity index (χ1n) is 9.48. The molecule has 3 aromatic rings. The van der Waals surface area contributed by atoms with Crippen LogP contribution in [0.2, 0.25) is 0 Å². The van der Waals surface area contributed by atoms with Crippen molar-refractivity contribution in [2.24, 2.45) is 0 Å². The normalized spacial score (nSPS) is 15.3. The van der Waals surface area contributed by atoms with Gasteiger partial charge in [0.05, 0.1) is 12.8 Å². The minimum Gasteiger partial charge on any atom is -0.494 e. The third kappa shape index (κ3) is 4.09. The first kappa shape index (κ1) is 20.1. The van der Waals surface area contributed by atoms with Gasteiger partial charge in [-0.15, -0.1) is 0 Å². The molecule has 30 heavy (non-hydrogen) atoms. The first-order valence-corrected chi connectivity index (χ1v) is 9.48. The van der Waals surface area contributed by atoms with Crippen molar-refractivity contribution in [3.8, 4) is 5.75 Å². The third-order valence-electron chi connectivity index (χ3n) is 5.07. The number of piperidine rings is 1. The molecule has 3 aromatic heterocycles. The van der Waals surface area contributed by atoms with E-state index in [0.717, 1.165) is 43.8 Å². The second-order valence-corrected chi connectivity index (χ2v) is 7.07. The van der Waals surface area contributed by atoms with Crippen molar-refractivity contribution in [3.63, 3.8) is 0 Å². The zero-order valence-electron chi connectivity index (χ0n) is 16.2. The molecule has 1 saturated heterocycles. The van der Waals surface area contributed by atoms with Gasteiger partial charge < -0.3 is 19.8 Å². The van der Waals surface area contributed by atoms with Crippen LogP contribution < -0.4 is 15.4 Å². The van der Waals surface area contributed by atoms with Gasteiger partial charge in [0, 0.05) is 24.4 Å². The van der Waals surface area contributed by atoms with Gasteiger partial charge in [-0.1, -0.05) is 6.07 Å². The highest BCUT2D eigenvalue weighted by molar-refractivity contribution is 6.03. The maximum atomic E-state index is 12.9. The Balaban J connectivity index is 1.62. The Morgan fingerprint density at radius 1 is 1.23 bits per heavy atom. The maximum absolute atomic E-state index is 12.9. The number of alkyl halides is 3. The van der Waals surface area contributed by atoms with Crippen molar-refractivity contribution in [1.29, 1.82) is 0 Å². The summed E-state index contributed by atoms with van der Waals surface area (Å²) in [6, 6.07) is 4.87. The summed E-state index contributed by atoms with van der Waals surface area (Å²) in [6.45, 7) is 1.88. The number of carbonyl (C=O) groups is 1. The van der Waals surface area contributed by atoms with Crippen LogP contribution in [0.5, 0.6) is 5.75 Å². The van der Waals surface area contributed by atoms with Crippen molar-refractivity contribution in [2.75, 3.05) is 25.5 Å². The number of methoxy groups -OCH3 is 1. The topological polar surface area (TPSA) is 80.5 Å². The van der Waals surface area contributed by atoms with Crippen LogP contribution >= 0.6 is 0 Å². The van der Waals surface area contributed by atoms with E-state index in [-0.39, 0.29) is 5.69 Å². The van der Waals surface area contributed by atoms with Gasteiger partial charge in [0.25, 0.3) is 5.91 Å². The predicted molar refractivity (Wildman–Crippen MR) is 104 cm³/mol. The molecule has 0 aliphatic carbocycles. The molecular formula is C20H20F3N5O2. The van der Waals surface area contributed by atoms with Gasteiger partial charge in [-0.3, -0.25) is 4.79 Å². The van der Waals surface area contributed by atoms with Gasteiger partial charge >= 0.3 is 6.18 Å². The fourth-order valence-electron chi connectivity index (χ4n) is 3.52. The number of nitrogens with zero attached hydrogens (tertiary/aromatic N) is 3. The summed E-state index contributed by atoms with van der Waals surface area (Å²) in [5, 5.41) is 5.90. The number of carbonyl (C=O) groups excluding carboxylic acids is 1. The minimum absolute atomic E-state index is 0.309. The molecular weight excluding hydrogens is 399 g/mol. The Kier molecular flexibility index (Phi) is 5.33. The van der Waals surface area contributed by atoms with E-state index in [1.54, 1.807) is 16.7 Å². The van der Waals surface area contributed by atoms with Gasteiger partial charge in [-0.25, -0.2) is 9.97 Å². The van der Waals surface area contributed by atoms with Gasteiger partial charge in [0.2, 0.25) is 0 Å². The number of fused-ring (bicyclic) bond motifs is 1. The second-order valence-electron chi connectivity index (χ2n) is 7.07. The summed E-state index contributed by atoms with van der Waals surface area (Å²) < 4.78 is 45.8. The van der Waals surface area contributed by atoms with Crippen LogP contribution in [0.1, 0.15) is 40.6 Å². The van der Waals surface area contributed by atoms with Crippen LogP contribution in [0.25, 0.3) is 5.65 Å². The van der Waals surface area contributed by atoms with Crippen molar-refractivity contribution in [1.82, 2.24) is 19.7 Å². The molecule has 4 rings (SSSR count). The Bertz CT molecular complexity index is 1070. The lowest BCUT2D eigenvalue weighted by molar-refractivity contribution is -0.141. The van der Waals surface area contributed by atoms with Crippen LogP contribution in [0.4, 0.5) is 18.9 Å². The van der Waals surface area contributed by atoms with E-state index in [1.165, 1.54) is 13.2 Å². The highest BCUT2D eigenvalue weighted by Gasteiger charge is 2.33. The number of aromatic nitrogens is 3. The van der Waals surface area contributed by atoms with Gasteiger partial charge in [-0.2, -0.15) is 13.2 Å². The number of rotatable bonds is 4. The summed E-state index contributed by atoms with van der Waals surface area (Å²) in [4.78, 5) is 20.6. The van der Waals surface area contributed by atoms with E-state index < -0.39 is 17.8 Å². The van der Waals surface area contributed by atoms with E-state index >= 15 is 0 Å². The SMILES string of the molecule is COc1cc2nc(C3CCNCC3)cn2cc1NC(=O)c1cccc(C(F)(F)F)n1. The van der Waals surface area contributed by atoms with E-state index in [0.29, 0.717) is 23.0 Å².